The fourth-order valence-corrected chi connectivity index (χ4v) is 2.40. The molecular weight excluding hydrogens is 158 g/mol. The van der Waals surface area contributed by atoms with Crippen LogP contribution in [-0.4, -0.2) is 24.5 Å². The van der Waals surface area contributed by atoms with E-state index in [4.69, 9.17) is 0 Å². The summed E-state index contributed by atoms with van der Waals surface area (Å²) in [6.07, 6.45) is 2.67. The summed E-state index contributed by atoms with van der Waals surface area (Å²) in [6.45, 7) is 13.1. The molecule has 0 amide bonds. The largest absolute Gasteiger partial charge is 0.303 e. The number of hydrogen-bond acceptors (Lipinski definition) is 1. The van der Waals surface area contributed by atoms with E-state index in [2.05, 4.69) is 46.6 Å². The van der Waals surface area contributed by atoms with Crippen LogP contribution in [0.3, 0.4) is 0 Å². The van der Waals surface area contributed by atoms with Crippen molar-refractivity contribution < 1.29 is 0 Å². The Bertz CT molecular complexity index is 176. The lowest BCUT2D eigenvalue weighted by molar-refractivity contribution is 0.149. The van der Waals surface area contributed by atoms with Crippen molar-refractivity contribution in [2.75, 3.05) is 13.6 Å². The molecule has 1 fully saturated rings. The molecule has 0 aromatic carbocycles. The maximum absolute atomic E-state index is 2.53. The van der Waals surface area contributed by atoms with Crippen LogP contribution in [0.5, 0.6) is 0 Å². The van der Waals surface area contributed by atoms with Gasteiger partial charge in [-0.05, 0) is 37.3 Å². The Hall–Kier alpha value is -0.0400. The zero-order valence-electron chi connectivity index (χ0n) is 10.1. The van der Waals surface area contributed by atoms with Gasteiger partial charge in [-0.3, -0.25) is 0 Å². The Morgan fingerprint density at radius 3 is 2.15 bits per heavy atom. The van der Waals surface area contributed by atoms with Gasteiger partial charge in [-0.15, -0.1) is 0 Å². The normalized spacial score (nSPS) is 29.5. The van der Waals surface area contributed by atoms with Crippen molar-refractivity contribution in [3.8, 4) is 0 Å². The van der Waals surface area contributed by atoms with Gasteiger partial charge in [-0.2, -0.15) is 0 Å². The molecule has 0 aromatic rings. The Morgan fingerprint density at radius 2 is 1.85 bits per heavy atom. The minimum absolute atomic E-state index is 0.459. The van der Waals surface area contributed by atoms with Crippen LogP contribution >= 0.6 is 0 Å². The molecule has 1 aliphatic heterocycles. The number of rotatable bonds is 1. The second kappa shape index (κ2) is 3.27. The molecule has 1 saturated heterocycles. The van der Waals surface area contributed by atoms with Crippen LogP contribution < -0.4 is 0 Å². The number of hydrogen-bond donors (Lipinski definition) is 0. The molecular formula is C12H25N. The van der Waals surface area contributed by atoms with Gasteiger partial charge in [0.1, 0.15) is 0 Å². The van der Waals surface area contributed by atoms with E-state index in [1.165, 1.54) is 19.4 Å². The van der Waals surface area contributed by atoms with Crippen LogP contribution in [0, 0.1) is 10.8 Å². The molecule has 0 bridgehead atoms. The van der Waals surface area contributed by atoms with E-state index in [1.807, 2.05) is 0 Å². The van der Waals surface area contributed by atoms with Crippen LogP contribution in [0.2, 0.25) is 0 Å². The zero-order valence-corrected chi connectivity index (χ0v) is 10.1. The zero-order chi connectivity index (χ0) is 10.3. The van der Waals surface area contributed by atoms with Gasteiger partial charge in [-0.25, -0.2) is 0 Å². The van der Waals surface area contributed by atoms with Crippen molar-refractivity contribution in [2.45, 2.75) is 53.5 Å². The number of nitrogens with zero attached hydrogens (tertiary/aromatic N) is 1. The fourth-order valence-electron chi connectivity index (χ4n) is 2.40. The second-order valence-corrected chi connectivity index (χ2v) is 6.50. The average molecular weight is 183 g/mol. The summed E-state index contributed by atoms with van der Waals surface area (Å²) < 4.78 is 0. The highest BCUT2D eigenvalue weighted by Gasteiger charge is 2.39. The third-order valence-corrected chi connectivity index (χ3v) is 3.35. The smallest absolute Gasteiger partial charge is 0.0149 e. The first-order valence-corrected chi connectivity index (χ1v) is 5.43. The van der Waals surface area contributed by atoms with E-state index >= 15 is 0 Å². The molecule has 0 N–H and O–H groups in total. The third-order valence-electron chi connectivity index (χ3n) is 3.35. The Kier molecular flexibility index (Phi) is 2.78. The Balaban J connectivity index is 2.66. The minimum Gasteiger partial charge on any atom is -0.303 e. The molecule has 1 aliphatic rings. The van der Waals surface area contributed by atoms with Gasteiger partial charge < -0.3 is 4.90 Å². The van der Waals surface area contributed by atoms with Gasteiger partial charge in [0.15, 0.2) is 0 Å². The highest BCUT2D eigenvalue weighted by molar-refractivity contribution is 4.93. The summed E-state index contributed by atoms with van der Waals surface area (Å²) in [5, 5.41) is 0. The van der Waals surface area contributed by atoms with E-state index in [0.717, 1.165) is 6.04 Å². The average Bonchev–Trinajstić information content (AvgIpc) is 2.13. The highest BCUT2D eigenvalue weighted by Crippen LogP contribution is 2.40. The SMILES string of the molecule is CN1CCC(C)(C)C1CC(C)(C)C. The van der Waals surface area contributed by atoms with Crippen LogP contribution in [0.4, 0.5) is 0 Å². The standard InChI is InChI=1S/C12H25N/c1-11(2,3)9-10-12(4,5)7-8-13(10)6/h10H,7-9H2,1-6H3. The summed E-state index contributed by atoms with van der Waals surface area (Å²) in [7, 11) is 2.27. The molecule has 1 unspecified atom stereocenters. The molecule has 13 heavy (non-hydrogen) atoms. The molecule has 0 saturated carbocycles. The van der Waals surface area contributed by atoms with Crippen molar-refractivity contribution >= 4 is 0 Å². The molecule has 0 aromatic heterocycles. The van der Waals surface area contributed by atoms with Gasteiger partial charge in [-0.1, -0.05) is 34.6 Å². The lowest BCUT2D eigenvalue weighted by atomic mass is 9.76. The second-order valence-electron chi connectivity index (χ2n) is 6.50. The lowest BCUT2D eigenvalue weighted by Crippen LogP contribution is -2.37. The first kappa shape index (κ1) is 11.0. The highest BCUT2D eigenvalue weighted by atomic mass is 15.2. The Morgan fingerprint density at radius 1 is 1.31 bits per heavy atom. The molecule has 78 valence electrons. The summed E-state index contributed by atoms with van der Waals surface area (Å²) in [5.74, 6) is 0. The molecule has 1 rings (SSSR count). The minimum atomic E-state index is 0.459. The molecule has 0 spiro atoms. The molecule has 0 aliphatic carbocycles. The van der Waals surface area contributed by atoms with Crippen LogP contribution in [-0.2, 0) is 0 Å². The Labute approximate surface area is 83.5 Å². The van der Waals surface area contributed by atoms with Gasteiger partial charge in [0.05, 0.1) is 0 Å². The van der Waals surface area contributed by atoms with Crippen LogP contribution in [0.15, 0.2) is 0 Å². The summed E-state index contributed by atoms with van der Waals surface area (Å²) >= 11 is 0. The van der Waals surface area contributed by atoms with E-state index < -0.39 is 0 Å². The van der Waals surface area contributed by atoms with Crippen molar-refractivity contribution in [1.82, 2.24) is 4.90 Å². The van der Waals surface area contributed by atoms with E-state index in [1.54, 1.807) is 0 Å². The first-order chi connectivity index (χ1) is 5.72. The molecule has 1 atom stereocenters. The monoisotopic (exact) mass is 183 g/mol. The van der Waals surface area contributed by atoms with Crippen molar-refractivity contribution in [2.24, 2.45) is 10.8 Å². The summed E-state index contributed by atoms with van der Waals surface area (Å²) in [6, 6.07) is 0.771. The fraction of sp³-hybridized carbons (Fsp3) is 1.00. The van der Waals surface area contributed by atoms with Crippen molar-refractivity contribution in [3.63, 3.8) is 0 Å². The van der Waals surface area contributed by atoms with E-state index in [0.29, 0.717) is 10.8 Å². The lowest BCUT2D eigenvalue weighted by Gasteiger charge is -2.35. The molecule has 1 nitrogen and oxygen atoms in total. The van der Waals surface area contributed by atoms with E-state index in [-0.39, 0.29) is 0 Å². The molecule has 1 heteroatoms. The first-order valence-electron chi connectivity index (χ1n) is 5.43. The van der Waals surface area contributed by atoms with Crippen molar-refractivity contribution in [1.29, 1.82) is 0 Å². The van der Waals surface area contributed by atoms with Crippen LogP contribution in [0.25, 0.3) is 0 Å². The molecule has 0 radical (unpaired) electrons. The third kappa shape index (κ3) is 2.70. The van der Waals surface area contributed by atoms with Gasteiger partial charge in [0, 0.05) is 6.04 Å². The van der Waals surface area contributed by atoms with E-state index in [9.17, 15) is 0 Å². The topological polar surface area (TPSA) is 3.24 Å². The summed E-state index contributed by atoms with van der Waals surface area (Å²) in [4.78, 5) is 2.53. The van der Waals surface area contributed by atoms with Crippen LogP contribution in [0.1, 0.15) is 47.5 Å². The maximum Gasteiger partial charge on any atom is 0.0149 e. The summed E-state index contributed by atoms with van der Waals surface area (Å²) in [5.41, 5.74) is 0.975. The quantitative estimate of drug-likeness (QED) is 0.603. The maximum atomic E-state index is 2.53. The van der Waals surface area contributed by atoms with Crippen molar-refractivity contribution in [3.05, 3.63) is 0 Å². The number of likely N-dealkylation sites (tertiary alicyclic amines) is 1. The van der Waals surface area contributed by atoms with Gasteiger partial charge in [0.25, 0.3) is 0 Å². The predicted molar refractivity (Wildman–Crippen MR) is 58.9 cm³/mol. The molecule has 1 heterocycles. The van der Waals surface area contributed by atoms with Gasteiger partial charge >= 0.3 is 0 Å². The predicted octanol–water partition coefficient (Wildman–Crippen LogP) is 3.15. The van der Waals surface area contributed by atoms with Gasteiger partial charge in [0.2, 0.25) is 0 Å².